The van der Waals surface area contributed by atoms with Gasteiger partial charge in [0.15, 0.2) is 9.84 Å². The lowest BCUT2D eigenvalue weighted by Gasteiger charge is -2.21. The van der Waals surface area contributed by atoms with E-state index in [4.69, 9.17) is 0 Å². The maximum atomic E-state index is 13.4. The largest absolute Gasteiger partial charge is 0.382 e. The number of halogens is 1. The van der Waals surface area contributed by atoms with E-state index >= 15 is 0 Å². The van der Waals surface area contributed by atoms with E-state index in [1.165, 1.54) is 6.07 Å². The molecular formula is C14H20FNO2S. The predicted octanol–water partition coefficient (Wildman–Crippen LogP) is 2.99. The molecule has 0 atom stereocenters. The summed E-state index contributed by atoms with van der Waals surface area (Å²) in [6, 6.07) is 6.31. The summed E-state index contributed by atoms with van der Waals surface area (Å²) in [4.78, 5) is 0. The molecule has 0 unspecified atom stereocenters. The molecule has 0 heterocycles. The number of para-hydroxylation sites is 1. The number of anilines is 1. The highest BCUT2D eigenvalue weighted by molar-refractivity contribution is 7.92. The molecule has 0 spiro atoms. The zero-order chi connectivity index (χ0) is 13.7. The first-order valence-electron chi connectivity index (χ1n) is 6.79. The Hall–Kier alpha value is -1.10. The van der Waals surface area contributed by atoms with Gasteiger partial charge in [0.05, 0.1) is 16.7 Å². The number of rotatable bonds is 5. The van der Waals surface area contributed by atoms with E-state index in [1.807, 2.05) is 0 Å². The van der Waals surface area contributed by atoms with Crippen LogP contribution < -0.4 is 5.32 Å². The first kappa shape index (κ1) is 14.3. The fourth-order valence-electron chi connectivity index (χ4n) is 2.52. The highest BCUT2D eigenvalue weighted by Crippen LogP contribution is 2.24. The monoisotopic (exact) mass is 285 g/mol. The number of nitrogens with one attached hydrogen (secondary N) is 1. The Morgan fingerprint density at radius 1 is 1.16 bits per heavy atom. The van der Waals surface area contributed by atoms with Gasteiger partial charge in [-0.05, 0) is 25.0 Å². The normalized spacial score (nSPS) is 17.3. The van der Waals surface area contributed by atoms with E-state index in [2.05, 4.69) is 5.32 Å². The second-order valence-electron chi connectivity index (χ2n) is 5.03. The average Bonchev–Trinajstić information content (AvgIpc) is 2.42. The van der Waals surface area contributed by atoms with Crippen LogP contribution in [0.15, 0.2) is 24.3 Å². The van der Waals surface area contributed by atoms with Crippen molar-refractivity contribution < 1.29 is 12.8 Å². The minimum Gasteiger partial charge on any atom is -0.382 e. The third-order valence-electron chi connectivity index (χ3n) is 3.64. The smallest absolute Gasteiger partial charge is 0.154 e. The van der Waals surface area contributed by atoms with Crippen molar-refractivity contribution in [3.05, 3.63) is 30.1 Å². The Morgan fingerprint density at radius 3 is 2.53 bits per heavy atom. The van der Waals surface area contributed by atoms with Crippen LogP contribution in [0.1, 0.15) is 32.1 Å². The van der Waals surface area contributed by atoms with Crippen molar-refractivity contribution in [1.29, 1.82) is 0 Å². The molecule has 0 amide bonds. The summed E-state index contributed by atoms with van der Waals surface area (Å²) in [5, 5.41) is 2.66. The Labute approximate surface area is 114 Å². The van der Waals surface area contributed by atoms with E-state index in [0.717, 1.165) is 32.1 Å². The number of hydrogen-bond donors (Lipinski definition) is 1. The van der Waals surface area contributed by atoms with Crippen LogP contribution in [-0.2, 0) is 9.84 Å². The van der Waals surface area contributed by atoms with Crippen LogP contribution in [-0.4, -0.2) is 26.0 Å². The molecular weight excluding hydrogens is 265 g/mol. The van der Waals surface area contributed by atoms with Crippen molar-refractivity contribution in [1.82, 2.24) is 0 Å². The fraction of sp³-hybridized carbons (Fsp3) is 0.571. The van der Waals surface area contributed by atoms with Crippen LogP contribution in [0.5, 0.6) is 0 Å². The maximum absolute atomic E-state index is 13.4. The minimum absolute atomic E-state index is 0.0754. The molecule has 0 radical (unpaired) electrons. The predicted molar refractivity (Wildman–Crippen MR) is 75.5 cm³/mol. The van der Waals surface area contributed by atoms with Gasteiger partial charge in [0, 0.05) is 6.54 Å². The third-order valence-corrected chi connectivity index (χ3v) is 5.90. The van der Waals surface area contributed by atoms with Gasteiger partial charge in [0.2, 0.25) is 0 Å². The number of hydrogen-bond acceptors (Lipinski definition) is 3. The van der Waals surface area contributed by atoms with E-state index in [1.54, 1.807) is 18.2 Å². The van der Waals surface area contributed by atoms with Gasteiger partial charge in [0.25, 0.3) is 0 Å². The molecule has 1 aliphatic carbocycles. The van der Waals surface area contributed by atoms with Crippen LogP contribution in [0.25, 0.3) is 0 Å². The van der Waals surface area contributed by atoms with Crippen LogP contribution in [0.3, 0.4) is 0 Å². The van der Waals surface area contributed by atoms with Gasteiger partial charge in [-0.15, -0.1) is 0 Å². The lowest BCUT2D eigenvalue weighted by molar-refractivity contribution is 0.484. The van der Waals surface area contributed by atoms with E-state index in [9.17, 15) is 12.8 Å². The molecule has 1 aliphatic rings. The summed E-state index contributed by atoms with van der Waals surface area (Å²) >= 11 is 0. The quantitative estimate of drug-likeness (QED) is 0.904. The standard InChI is InChI=1S/C14H20FNO2S/c15-13-8-4-5-9-14(13)16-10-11-19(17,18)12-6-2-1-3-7-12/h4-5,8-9,12,16H,1-3,6-7,10-11H2. The minimum atomic E-state index is -3.05. The molecule has 19 heavy (non-hydrogen) atoms. The molecule has 0 saturated heterocycles. The van der Waals surface area contributed by atoms with Crippen molar-refractivity contribution in [2.45, 2.75) is 37.4 Å². The fourth-order valence-corrected chi connectivity index (χ4v) is 4.29. The van der Waals surface area contributed by atoms with Gasteiger partial charge in [0.1, 0.15) is 5.82 Å². The summed E-state index contributed by atoms with van der Waals surface area (Å²) in [7, 11) is -3.05. The summed E-state index contributed by atoms with van der Waals surface area (Å²) in [6.07, 6.45) is 4.71. The molecule has 1 N–H and O–H groups in total. The van der Waals surface area contributed by atoms with Crippen molar-refractivity contribution in [2.24, 2.45) is 0 Å². The van der Waals surface area contributed by atoms with Crippen molar-refractivity contribution >= 4 is 15.5 Å². The summed E-state index contributed by atoms with van der Waals surface area (Å²) in [6.45, 7) is 0.264. The molecule has 0 bridgehead atoms. The van der Waals surface area contributed by atoms with Gasteiger partial charge < -0.3 is 5.32 Å². The van der Waals surface area contributed by atoms with Crippen molar-refractivity contribution in [3.63, 3.8) is 0 Å². The van der Waals surface area contributed by atoms with Crippen LogP contribution in [0.2, 0.25) is 0 Å². The summed E-state index contributed by atoms with van der Waals surface area (Å²) < 4.78 is 37.6. The zero-order valence-electron chi connectivity index (χ0n) is 10.9. The van der Waals surface area contributed by atoms with Gasteiger partial charge >= 0.3 is 0 Å². The lowest BCUT2D eigenvalue weighted by Crippen LogP contribution is -2.29. The Bertz CT molecular complexity index is 510. The summed E-state index contributed by atoms with van der Waals surface area (Å²) in [5.74, 6) is -0.274. The molecule has 106 valence electrons. The van der Waals surface area contributed by atoms with Crippen LogP contribution in [0.4, 0.5) is 10.1 Å². The topological polar surface area (TPSA) is 46.2 Å². The lowest BCUT2D eigenvalue weighted by atomic mass is 10.0. The van der Waals surface area contributed by atoms with Crippen LogP contribution >= 0.6 is 0 Å². The highest BCUT2D eigenvalue weighted by atomic mass is 32.2. The first-order chi connectivity index (χ1) is 9.09. The van der Waals surface area contributed by atoms with E-state index < -0.39 is 9.84 Å². The zero-order valence-corrected chi connectivity index (χ0v) is 11.8. The van der Waals surface area contributed by atoms with E-state index in [-0.39, 0.29) is 23.4 Å². The second-order valence-corrected chi connectivity index (χ2v) is 7.43. The SMILES string of the molecule is O=S(=O)(CCNc1ccccc1F)C1CCCCC1. The average molecular weight is 285 g/mol. The highest BCUT2D eigenvalue weighted by Gasteiger charge is 2.26. The number of sulfone groups is 1. The van der Waals surface area contributed by atoms with Crippen molar-refractivity contribution in [3.8, 4) is 0 Å². The Balaban J connectivity index is 1.86. The molecule has 1 fully saturated rings. The molecule has 5 heteroatoms. The molecule has 0 aromatic heterocycles. The second kappa shape index (κ2) is 6.37. The third kappa shape index (κ3) is 3.93. The Morgan fingerprint density at radius 2 is 1.84 bits per heavy atom. The van der Waals surface area contributed by atoms with Gasteiger partial charge in [-0.25, -0.2) is 12.8 Å². The molecule has 2 rings (SSSR count). The summed E-state index contributed by atoms with van der Waals surface area (Å²) in [5.41, 5.74) is 0.362. The molecule has 1 aromatic rings. The number of benzene rings is 1. The maximum Gasteiger partial charge on any atom is 0.154 e. The Kier molecular flexibility index (Phi) is 4.80. The first-order valence-corrected chi connectivity index (χ1v) is 8.51. The molecule has 1 aromatic carbocycles. The molecule has 3 nitrogen and oxygen atoms in total. The molecule has 1 saturated carbocycles. The van der Waals surface area contributed by atoms with Crippen LogP contribution in [0, 0.1) is 5.82 Å². The van der Waals surface area contributed by atoms with Gasteiger partial charge in [-0.2, -0.15) is 0 Å². The molecule has 0 aliphatic heterocycles. The van der Waals surface area contributed by atoms with Crippen molar-refractivity contribution in [2.75, 3.05) is 17.6 Å². The van der Waals surface area contributed by atoms with Gasteiger partial charge in [-0.1, -0.05) is 31.4 Å². The van der Waals surface area contributed by atoms with E-state index in [0.29, 0.717) is 5.69 Å². The van der Waals surface area contributed by atoms with Gasteiger partial charge in [-0.3, -0.25) is 0 Å².